The molecule has 21 heavy (non-hydrogen) atoms. The maximum Gasteiger partial charge on any atom is 0.191 e. The van der Waals surface area contributed by atoms with Crippen molar-refractivity contribution in [1.29, 1.82) is 0 Å². The number of likely N-dealkylation sites (N-methyl/N-ethyl adjacent to an activating group) is 1. The quantitative estimate of drug-likeness (QED) is 0.632. The van der Waals surface area contributed by atoms with Gasteiger partial charge in [-0.1, -0.05) is 35.0 Å². The third-order valence-corrected chi connectivity index (χ3v) is 4.54. The van der Waals surface area contributed by atoms with E-state index in [4.69, 9.17) is 0 Å². The second kappa shape index (κ2) is 8.39. The van der Waals surface area contributed by atoms with E-state index >= 15 is 0 Å². The Balaban J connectivity index is 1.77. The van der Waals surface area contributed by atoms with Gasteiger partial charge in [-0.05, 0) is 43.6 Å². The SMILES string of the molecule is CCN1CCCC1CNC(=NC)NCc1ccc(Br)cc1. The number of nitrogens with one attached hydrogen (secondary N) is 2. The van der Waals surface area contributed by atoms with Gasteiger partial charge in [0.1, 0.15) is 0 Å². The highest BCUT2D eigenvalue weighted by molar-refractivity contribution is 9.10. The van der Waals surface area contributed by atoms with Crippen molar-refractivity contribution in [3.05, 3.63) is 34.3 Å². The average molecular weight is 353 g/mol. The molecule has 1 heterocycles. The van der Waals surface area contributed by atoms with Crippen LogP contribution in [0.2, 0.25) is 0 Å². The molecule has 0 radical (unpaired) electrons. The zero-order chi connectivity index (χ0) is 15.1. The molecule has 5 heteroatoms. The van der Waals surface area contributed by atoms with E-state index in [1.165, 1.54) is 24.9 Å². The molecule has 0 amide bonds. The van der Waals surface area contributed by atoms with Crippen LogP contribution in [0.1, 0.15) is 25.3 Å². The van der Waals surface area contributed by atoms with Crippen LogP contribution < -0.4 is 10.6 Å². The van der Waals surface area contributed by atoms with Crippen LogP contribution >= 0.6 is 15.9 Å². The number of halogens is 1. The fourth-order valence-electron chi connectivity index (χ4n) is 2.77. The lowest BCUT2D eigenvalue weighted by atomic mass is 10.2. The van der Waals surface area contributed by atoms with Crippen molar-refractivity contribution in [1.82, 2.24) is 15.5 Å². The van der Waals surface area contributed by atoms with Gasteiger partial charge in [0.15, 0.2) is 5.96 Å². The number of hydrogen-bond donors (Lipinski definition) is 2. The normalized spacial score (nSPS) is 19.8. The summed E-state index contributed by atoms with van der Waals surface area (Å²) < 4.78 is 1.11. The fourth-order valence-corrected chi connectivity index (χ4v) is 3.03. The van der Waals surface area contributed by atoms with E-state index in [9.17, 15) is 0 Å². The zero-order valence-electron chi connectivity index (χ0n) is 12.9. The molecule has 4 nitrogen and oxygen atoms in total. The number of hydrogen-bond acceptors (Lipinski definition) is 2. The van der Waals surface area contributed by atoms with Crippen LogP contribution in [0, 0.1) is 0 Å². The van der Waals surface area contributed by atoms with E-state index in [-0.39, 0.29) is 0 Å². The molecule has 0 saturated carbocycles. The van der Waals surface area contributed by atoms with Gasteiger partial charge >= 0.3 is 0 Å². The molecular formula is C16H25BrN4. The molecule has 1 aromatic rings. The van der Waals surface area contributed by atoms with Crippen LogP contribution in [0.4, 0.5) is 0 Å². The third kappa shape index (κ3) is 5.00. The first-order valence-corrected chi connectivity index (χ1v) is 8.45. The van der Waals surface area contributed by atoms with Gasteiger partial charge in [0.25, 0.3) is 0 Å². The van der Waals surface area contributed by atoms with E-state index in [2.05, 4.69) is 67.6 Å². The average Bonchev–Trinajstić information content (AvgIpc) is 2.96. The monoisotopic (exact) mass is 352 g/mol. The van der Waals surface area contributed by atoms with Crippen LogP contribution in [0.3, 0.4) is 0 Å². The summed E-state index contributed by atoms with van der Waals surface area (Å²) in [5.41, 5.74) is 1.25. The molecular weight excluding hydrogens is 328 g/mol. The Kier molecular flexibility index (Phi) is 6.51. The summed E-state index contributed by atoms with van der Waals surface area (Å²) in [6.45, 7) is 6.35. The lowest BCUT2D eigenvalue weighted by Gasteiger charge is -2.24. The van der Waals surface area contributed by atoms with Crippen molar-refractivity contribution in [3.8, 4) is 0 Å². The molecule has 1 unspecified atom stereocenters. The van der Waals surface area contributed by atoms with Gasteiger partial charge < -0.3 is 10.6 Å². The molecule has 2 rings (SSSR count). The van der Waals surface area contributed by atoms with Crippen LogP contribution in [0.25, 0.3) is 0 Å². The number of likely N-dealkylation sites (tertiary alicyclic amines) is 1. The predicted molar refractivity (Wildman–Crippen MR) is 92.6 cm³/mol. The zero-order valence-corrected chi connectivity index (χ0v) is 14.5. The van der Waals surface area contributed by atoms with Gasteiger partial charge in [-0.3, -0.25) is 9.89 Å². The Labute approximate surface area is 136 Å². The molecule has 0 aromatic heterocycles. The van der Waals surface area contributed by atoms with Crippen molar-refractivity contribution in [2.24, 2.45) is 4.99 Å². The second-order valence-electron chi connectivity index (χ2n) is 5.36. The molecule has 1 aliphatic heterocycles. The van der Waals surface area contributed by atoms with E-state index in [1.807, 2.05) is 7.05 Å². The second-order valence-corrected chi connectivity index (χ2v) is 6.27. The van der Waals surface area contributed by atoms with Crippen LogP contribution in [-0.4, -0.2) is 43.6 Å². The first-order chi connectivity index (χ1) is 10.2. The largest absolute Gasteiger partial charge is 0.355 e. The highest BCUT2D eigenvalue weighted by atomic mass is 79.9. The van der Waals surface area contributed by atoms with E-state index in [0.717, 1.165) is 30.1 Å². The maximum absolute atomic E-state index is 4.30. The minimum Gasteiger partial charge on any atom is -0.355 e. The maximum atomic E-state index is 4.30. The molecule has 2 N–H and O–H groups in total. The molecule has 0 spiro atoms. The Morgan fingerprint density at radius 3 is 2.76 bits per heavy atom. The number of benzene rings is 1. The van der Waals surface area contributed by atoms with Crippen LogP contribution in [0.15, 0.2) is 33.7 Å². The number of aliphatic imine (C=N–C) groups is 1. The van der Waals surface area contributed by atoms with E-state index < -0.39 is 0 Å². The van der Waals surface area contributed by atoms with Gasteiger partial charge in [0, 0.05) is 30.7 Å². The smallest absolute Gasteiger partial charge is 0.191 e. The summed E-state index contributed by atoms with van der Waals surface area (Å²) in [7, 11) is 1.82. The van der Waals surface area contributed by atoms with E-state index in [0.29, 0.717) is 6.04 Å². The highest BCUT2D eigenvalue weighted by Gasteiger charge is 2.22. The number of guanidine groups is 1. The summed E-state index contributed by atoms with van der Waals surface area (Å²) in [5, 5.41) is 6.81. The van der Waals surface area contributed by atoms with Gasteiger partial charge in [0.2, 0.25) is 0 Å². The first-order valence-electron chi connectivity index (χ1n) is 7.66. The highest BCUT2D eigenvalue weighted by Crippen LogP contribution is 2.15. The number of rotatable bonds is 5. The Hall–Kier alpha value is -1.07. The lowest BCUT2D eigenvalue weighted by molar-refractivity contribution is 0.267. The predicted octanol–water partition coefficient (Wildman–Crippen LogP) is 2.60. The molecule has 0 bridgehead atoms. The fraction of sp³-hybridized carbons (Fsp3) is 0.562. The molecule has 1 aromatic carbocycles. The number of nitrogens with zero attached hydrogens (tertiary/aromatic N) is 2. The molecule has 0 aliphatic carbocycles. The molecule has 1 atom stereocenters. The molecule has 116 valence electrons. The van der Waals surface area contributed by atoms with E-state index in [1.54, 1.807) is 0 Å². The van der Waals surface area contributed by atoms with Crippen LogP contribution in [-0.2, 0) is 6.54 Å². The van der Waals surface area contributed by atoms with Crippen LogP contribution in [0.5, 0.6) is 0 Å². The molecule has 1 saturated heterocycles. The first kappa shape index (κ1) is 16.3. The Morgan fingerprint density at radius 1 is 1.33 bits per heavy atom. The molecule has 1 aliphatic rings. The molecule has 1 fully saturated rings. The van der Waals surface area contributed by atoms with Gasteiger partial charge in [0.05, 0.1) is 0 Å². The lowest BCUT2D eigenvalue weighted by Crippen LogP contribution is -2.44. The standard InChI is InChI=1S/C16H25BrN4/c1-3-21-10-4-5-15(21)12-20-16(18-2)19-11-13-6-8-14(17)9-7-13/h6-9,15H,3-5,10-12H2,1-2H3,(H2,18,19,20). The Morgan fingerprint density at radius 2 is 2.10 bits per heavy atom. The van der Waals surface area contributed by atoms with Crippen molar-refractivity contribution in [2.75, 3.05) is 26.7 Å². The van der Waals surface area contributed by atoms with Crippen molar-refractivity contribution >= 4 is 21.9 Å². The van der Waals surface area contributed by atoms with Crippen molar-refractivity contribution in [2.45, 2.75) is 32.4 Å². The van der Waals surface area contributed by atoms with Gasteiger partial charge in [-0.15, -0.1) is 0 Å². The summed E-state index contributed by atoms with van der Waals surface area (Å²) in [6, 6.07) is 8.98. The topological polar surface area (TPSA) is 39.7 Å². The summed E-state index contributed by atoms with van der Waals surface area (Å²) >= 11 is 3.45. The summed E-state index contributed by atoms with van der Waals surface area (Å²) in [5.74, 6) is 0.876. The Bertz CT molecular complexity index is 458. The minimum absolute atomic E-state index is 0.640. The summed E-state index contributed by atoms with van der Waals surface area (Å²) in [4.78, 5) is 6.84. The summed E-state index contributed by atoms with van der Waals surface area (Å²) in [6.07, 6.45) is 2.59. The van der Waals surface area contributed by atoms with Gasteiger partial charge in [-0.2, -0.15) is 0 Å². The van der Waals surface area contributed by atoms with Gasteiger partial charge in [-0.25, -0.2) is 0 Å². The third-order valence-electron chi connectivity index (χ3n) is 4.01. The minimum atomic E-state index is 0.640. The van der Waals surface area contributed by atoms with Crippen molar-refractivity contribution in [3.63, 3.8) is 0 Å². The van der Waals surface area contributed by atoms with Crippen molar-refractivity contribution < 1.29 is 0 Å².